The molecule has 0 aliphatic carbocycles. The summed E-state index contributed by atoms with van der Waals surface area (Å²) in [6, 6.07) is 6.52. The van der Waals surface area contributed by atoms with E-state index in [0.29, 0.717) is 11.4 Å². The fraction of sp³-hybridized carbons (Fsp3) is 0.167. The summed E-state index contributed by atoms with van der Waals surface area (Å²) < 4.78 is 13.4. The first-order valence-electron chi connectivity index (χ1n) is 4.73. The lowest BCUT2D eigenvalue weighted by Gasteiger charge is -2.03. The first kappa shape index (κ1) is 9.77. The first-order valence-corrected chi connectivity index (χ1v) is 4.73. The zero-order valence-corrected chi connectivity index (χ0v) is 8.66. The Kier molecular flexibility index (Phi) is 2.46. The van der Waals surface area contributed by atoms with Gasteiger partial charge in [-0.1, -0.05) is 12.1 Å². The first-order chi connectivity index (χ1) is 7.18. The van der Waals surface area contributed by atoms with Crippen LogP contribution in [0.5, 0.6) is 0 Å². The monoisotopic (exact) mass is 202 g/mol. The molecule has 0 atom stereocenters. The molecule has 1 aromatic carbocycles. The number of aromatic nitrogens is 2. The van der Waals surface area contributed by atoms with E-state index in [1.54, 1.807) is 24.4 Å². The predicted octanol–water partition coefficient (Wildman–Crippen LogP) is 2.90. The van der Waals surface area contributed by atoms with Gasteiger partial charge in [0.05, 0.1) is 5.56 Å². The summed E-state index contributed by atoms with van der Waals surface area (Å²) >= 11 is 0. The van der Waals surface area contributed by atoms with Gasteiger partial charge in [0.1, 0.15) is 5.82 Å². The minimum atomic E-state index is -0.291. The second kappa shape index (κ2) is 3.77. The van der Waals surface area contributed by atoms with Crippen LogP contribution in [0.2, 0.25) is 0 Å². The van der Waals surface area contributed by atoms with Gasteiger partial charge in [-0.2, -0.15) is 0 Å². The molecule has 76 valence electrons. The van der Waals surface area contributed by atoms with E-state index >= 15 is 0 Å². The van der Waals surface area contributed by atoms with Crippen molar-refractivity contribution in [2.24, 2.45) is 0 Å². The van der Waals surface area contributed by atoms with Crippen molar-refractivity contribution in [2.75, 3.05) is 0 Å². The molecule has 0 saturated heterocycles. The van der Waals surface area contributed by atoms with Gasteiger partial charge in [0.15, 0.2) is 5.82 Å². The topological polar surface area (TPSA) is 25.8 Å². The third kappa shape index (κ3) is 1.86. The van der Waals surface area contributed by atoms with Gasteiger partial charge in [0.2, 0.25) is 0 Å². The molecule has 0 aliphatic heterocycles. The van der Waals surface area contributed by atoms with Gasteiger partial charge in [0, 0.05) is 11.9 Å². The number of hydrogen-bond acceptors (Lipinski definition) is 2. The Labute approximate surface area is 87.8 Å². The summed E-state index contributed by atoms with van der Waals surface area (Å²) in [6.45, 7) is 3.82. The standard InChI is InChI=1S/C12H11FN2/c1-8-7-14-12(15-9(8)2)10-5-3-4-6-11(10)13/h3-7H,1-2H3. The maximum Gasteiger partial charge on any atom is 0.162 e. The number of halogens is 1. The predicted molar refractivity (Wildman–Crippen MR) is 56.9 cm³/mol. The molecule has 0 fully saturated rings. The van der Waals surface area contributed by atoms with Crippen LogP contribution >= 0.6 is 0 Å². The third-order valence-corrected chi connectivity index (χ3v) is 2.34. The molecule has 2 aromatic rings. The summed E-state index contributed by atoms with van der Waals surface area (Å²) in [7, 11) is 0. The van der Waals surface area contributed by atoms with Crippen molar-refractivity contribution >= 4 is 0 Å². The van der Waals surface area contributed by atoms with Gasteiger partial charge in [-0.3, -0.25) is 0 Å². The molecule has 1 aromatic heterocycles. The highest BCUT2D eigenvalue weighted by molar-refractivity contribution is 5.55. The van der Waals surface area contributed by atoms with E-state index in [1.165, 1.54) is 6.07 Å². The Morgan fingerprint density at radius 1 is 1.13 bits per heavy atom. The maximum atomic E-state index is 13.4. The van der Waals surface area contributed by atoms with Crippen LogP contribution in [0.1, 0.15) is 11.3 Å². The van der Waals surface area contributed by atoms with Crippen LogP contribution in [0.25, 0.3) is 11.4 Å². The van der Waals surface area contributed by atoms with Gasteiger partial charge in [0.25, 0.3) is 0 Å². The van der Waals surface area contributed by atoms with Crippen molar-refractivity contribution in [3.63, 3.8) is 0 Å². The van der Waals surface area contributed by atoms with Crippen LogP contribution in [-0.4, -0.2) is 9.97 Å². The molecule has 3 heteroatoms. The Hall–Kier alpha value is -1.77. The molecule has 0 unspecified atom stereocenters. The molecule has 0 spiro atoms. The molecule has 0 amide bonds. The second-order valence-electron chi connectivity index (χ2n) is 3.44. The van der Waals surface area contributed by atoms with Gasteiger partial charge in [-0.25, -0.2) is 14.4 Å². The zero-order valence-electron chi connectivity index (χ0n) is 8.66. The second-order valence-corrected chi connectivity index (χ2v) is 3.44. The average molecular weight is 202 g/mol. The van der Waals surface area contributed by atoms with Crippen molar-refractivity contribution in [1.82, 2.24) is 9.97 Å². The lowest BCUT2D eigenvalue weighted by molar-refractivity contribution is 0.630. The summed E-state index contributed by atoms with van der Waals surface area (Å²) in [5.74, 6) is 0.150. The lowest BCUT2D eigenvalue weighted by Crippen LogP contribution is -1.95. The molecule has 2 rings (SSSR count). The number of nitrogens with zero attached hydrogens (tertiary/aromatic N) is 2. The fourth-order valence-electron chi connectivity index (χ4n) is 1.30. The Morgan fingerprint density at radius 3 is 2.53 bits per heavy atom. The van der Waals surface area contributed by atoms with Gasteiger partial charge < -0.3 is 0 Å². The SMILES string of the molecule is Cc1cnc(-c2ccccc2F)nc1C. The minimum Gasteiger partial charge on any atom is -0.236 e. The maximum absolute atomic E-state index is 13.4. The summed E-state index contributed by atoms with van der Waals surface area (Å²) in [4.78, 5) is 8.37. The molecule has 0 saturated carbocycles. The van der Waals surface area contributed by atoms with Gasteiger partial charge in [-0.05, 0) is 31.5 Å². The van der Waals surface area contributed by atoms with Crippen molar-refractivity contribution in [2.45, 2.75) is 13.8 Å². The van der Waals surface area contributed by atoms with Crippen molar-refractivity contribution in [3.8, 4) is 11.4 Å². The molecular weight excluding hydrogens is 191 g/mol. The number of aryl methyl sites for hydroxylation is 2. The summed E-state index contributed by atoms with van der Waals surface area (Å²) in [6.07, 6.45) is 1.71. The lowest BCUT2D eigenvalue weighted by atomic mass is 10.2. The quantitative estimate of drug-likeness (QED) is 0.710. The van der Waals surface area contributed by atoms with E-state index in [1.807, 2.05) is 13.8 Å². The third-order valence-electron chi connectivity index (χ3n) is 2.34. The average Bonchev–Trinajstić information content (AvgIpc) is 2.23. The van der Waals surface area contributed by atoms with E-state index in [9.17, 15) is 4.39 Å². The van der Waals surface area contributed by atoms with Crippen LogP contribution in [0.3, 0.4) is 0 Å². The fourth-order valence-corrected chi connectivity index (χ4v) is 1.30. The normalized spacial score (nSPS) is 10.3. The summed E-state index contributed by atoms with van der Waals surface area (Å²) in [5.41, 5.74) is 2.33. The highest BCUT2D eigenvalue weighted by Gasteiger charge is 2.07. The number of benzene rings is 1. The molecule has 0 N–H and O–H groups in total. The Bertz CT molecular complexity index is 495. The molecular formula is C12H11FN2. The molecule has 2 nitrogen and oxygen atoms in total. The van der Waals surface area contributed by atoms with E-state index in [-0.39, 0.29) is 5.82 Å². The number of hydrogen-bond donors (Lipinski definition) is 0. The van der Waals surface area contributed by atoms with E-state index in [0.717, 1.165) is 11.3 Å². The van der Waals surface area contributed by atoms with Crippen LogP contribution in [0, 0.1) is 19.7 Å². The van der Waals surface area contributed by atoms with Crippen molar-refractivity contribution in [1.29, 1.82) is 0 Å². The van der Waals surface area contributed by atoms with Crippen LogP contribution < -0.4 is 0 Å². The van der Waals surface area contributed by atoms with Gasteiger partial charge >= 0.3 is 0 Å². The summed E-state index contributed by atoms with van der Waals surface area (Å²) in [5, 5.41) is 0. The molecule has 1 heterocycles. The molecule has 0 aliphatic rings. The molecule has 15 heavy (non-hydrogen) atoms. The van der Waals surface area contributed by atoms with Crippen LogP contribution in [0.4, 0.5) is 4.39 Å². The largest absolute Gasteiger partial charge is 0.236 e. The van der Waals surface area contributed by atoms with E-state index in [4.69, 9.17) is 0 Å². The Balaban J connectivity index is 2.55. The van der Waals surface area contributed by atoms with Gasteiger partial charge in [-0.15, -0.1) is 0 Å². The van der Waals surface area contributed by atoms with Crippen molar-refractivity contribution in [3.05, 3.63) is 47.5 Å². The highest BCUT2D eigenvalue weighted by Crippen LogP contribution is 2.18. The highest BCUT2D eigenvalue weighted by atomic mass is 19.1. The Morgan fingerprint density at radius 2 is 1.87 bits per heavy atom. The van der Waals surface area contributed by atoms with Crippen LogP contribution in [0.15, 0.2) is 30.5 Å². The van der Waals surface area contributed by atoms with E-state index in [2.05, 4.69) is 9.97 Å². The van der Waals surface area contributed by atoms with E-state index < -0.39 is 0 Å². The molecule has 0 bridgehead atoms. The molecule has 0 radical (unpaired) electrons. The van der Waals surface area contributed by atoms with Crippen LogP contribution in [-0.2, 0) is 0 Å². The zero-order chi connectivity index (χ0) is 10.8. The number of rotatable bonds is 1. The smallest absolute Gasteiger partial charge is 0.162 e. The van der Waals surface area contributed by atoms with Crippen molar-refractivity contribution < 1.29 is 4.39 Å². The minimum absolute atomic E-state index is 0.291.